The van der Waals surface area contributed by atoms with Gasteiger partial charge in [0.05, 0.1) is 32.2 Å². The number of hydrogen-bond donors (Lipinski definition) is 1. The number of likely N-dealkylation sites (tertiary alicyclic amines) is 1. The Kier molecular flexibility index (Phi) is 6.18. The van der Waals surface area contributed by atoms with Gasteiger partial charge < -0.3 is 19.6 Å². The van der Waals surface area contributed by atoms with Gasteiger partial charge in [-0.25, -0.2) is 0 Å². The first-order valence-electron chi connectivity index (χ1n) is 7.94. The van der Waals surface area contributed by atoms with Gasteiger partial charge in [-0.3, -0.25) is 14.4 Å². The van der Waals surface area contributed by atoms with E-state index in [2.05, 4.69) is 0 Å². The predicted molar refractivity (Wildman–Crippen MR) is 78.2 cm³/mol. The zero-order valence-corrected chi connectivity index (χ0v) is 12.8. The molecular weight excluding hydrogens is 288 g/mol. The highest BCUT2D eigenvalue weighted by Crippen LogP contribution is 2.15. The number of carbonyl (C=O) groups is 3. The molecular formula is C15H24N2O5. The minimum absolute atomic E-state index is 0.0242. The molecule has 0 saturated carbocycles. The van der Waals surface area contributed by atoms with Crippen molar-refractivity contribution < 1.29 is 24.2 Å². The van der Waals surface area contributed by atoms with Gasteiger partial charge in [0.15, 0.2) is 0 Å². The first kappa shape index (κ1) is 16.7. The van der Waals surface area contributed by atoms with Crippen LogP contribution in [0.25, 0.3) is 0 Å². The fraction of sp³-hybridized carbons (Fsp3) is 0.800. The highest BCUT2D eigenvalue weighted by molar-refractivity contribution is 5.85. The topological polar surface area (TPSA) is 87.2 Å². The molecule has 0 aromatic carbocycles. The lowest BCUT2D eigenvalue weighted by Gasteiger charge is -2.36. The number of nitrogens with zero attached hydrogens (tertiary/aromatic N) is 2. The quantitative estimate of drug-likeness (QED) is 0.816. The van der Waals surface area contributed by atoms with E-state index >= 15 is 0 Å². The molecule has 0 bridgehead atoms. The minimum atomic E-state index is -0.948. The average molecular weight is 312 g/mol. The third-order valence-electron chi connectivity index (χ3n) is 4.21. The van der Waals surface area contributed by atoms with Crippen molar-refractivity contribution in [1.29, 1.82) is 0 Å². The Labute approximate surface area is 130 Å². The van der Waals surface area contributed by atoms with Gasteiger partial charge in [0, 0.05) is 19.5 Å². The second-order valence-electron chi connectivity index (χ2n) is 5.89. The summed E-state index contributed by atoms with van der Waals surface area (Å²) in [6.07, 6.45) is 4.31. The van der Waals surface area contributed by atoms with Gasteiger partial charge in [0.2, 0.25) is 11.8 Å². The molecule has 0 aliphatic carbocycles. The van der Waals surface area contributed by atoms with E-state index < -0.39 is 12.0 Å². The van der Waals surface area contributed by atoms with Gasteiger partial charge in [-0.2, -0.15) is 0 Å². The van der Waals surface area contributed by atoms with Crippen LogP contribution < -0.4 is 0 Å². The SMILES string of the molecule is O=C(O)C[C@@H]1COCCN1C(=O)CN1CCCCCCC1=O. The molecule has 2 heterocycles. The lowest BCUT2D eigenvalue weighted by molar-refractivity contribution is -0.150. The standard InChI is InChI=1S/C15H24N2O5/c18-13-5-3-1-2-4-6-16(13)10-14(19)17-7-8-22-11-12(17)9-15(20)21/h12H,1-11H2,(H,20,21)/t12-/m1/s1. The Morgan fingerprint density at radius 3 is 2.73 bits per heavy atom. The molecule has 0 spiro atoms. The van der Waals surface area contributed by atoms with Gasteiger partial charge in [0.25, 0.3) is 0 Å². The van der Waals surface area contributed by atoms with Crippen LogP contribution in [0, 0.1) is 0 Å². The van der Waals surface area contributed by atoms with E-state index in [-0.39, 0.29) is 31.4 Å². The van der Waals surface area contributed by atoms with E-state index in [1.807, 2.05) is 0 Å². The molecule has 1 N–H and O–H groups in total. The van der Waals surface area contributed by atoms with Crippen LogP contribution in [-0.2, 0) is 19.1 Å². The van der Waals surface area contributed by atoms with Crippen LogP contribution in [0.2, 0.25) is 0 Å². The fourth-order valence-corrected chi connectivity index (χ4v) is 2.99. The smallest absolute Gasteiger partial charge is 0.305 e. The van der Waals surface area contributed by atoms with E-state index in [4.69, 9.17) is 9.84 Å². The second kappa shape index (κ2) is 8.12. The summed E-state index contributed by atoms with van der Waals surface area (Å²) in [5.74, 6) is -1.10. The van der Waals surface area contributed by atoms with Crippen molar-refractivity contribution in [2.45, 2.75) is 44.6 Å². The van der Waals surface area contributed by atoms with Crippen molar-refractivity contribution in [2.75, 3.05) is 32.8 Å². The number of amides is 2. The van der Waals surface area contributed by atoms with Crippen molar-refractivity contribution in [2.24, 2.45) is 0 Å². The summed E-state index contributed by atoms with van der Waals surface area (Å²) in [6, 6.07) is -0.441. The first-order chi connectivity index (χ1) is 10.6. The first-order valence-corrected chi connectivity index (χ1v) is 7.94. The summed E-state index contributed by atoms with van der Waals surface area (Å²) in [5, 5.41) is 8.94. The average Bonchev–Trinajstić information content (AvgIpc) is 2.47. The molecule has 7 nitrogen and oxygen atoms in total. The van der Waals surface area contributed by atoms with Gasteiger partial charge in [-0.1, -0.05) is 12.8 Å². The molecule has 124 valence electrons. The van der Waals surface area contributed by atoms with Crippen LogP contribution in [0.1, 0.15) is 38.5 Å². The van der Waals surface area contributed by atoms with Crippen LogP contribution in [-0.4, -0.2) is 71.6 Å². The van der Waals surface area contributed by atoms with E-state index in [1.165, 1.54) is 0 Å². The van der Waals surface area contributed by atoms with Crippen molar-refractivity contribution in [3.63, 3.8) is 0 Å². The van der Waals surface area contributed by atoms with E-state index in [1.54, 1.807) is 9.80 Å². The lowest BCUT2D eigenvalue weighted by Crippen LogP contribution is -2.53. The normalized spacial score (nSPS) is 23.8. The lowest BCUT2D eigenvalue weighted by atomic mass is 10.1. The fourth-order valence-electron chi connectivity index (χ4n) is 2.99. The zero-order chi connectivity index (χ0) is 15.9. The molecule has 0 aromatic heterocycles. The molecule has 2 aliphatic rings. The van der Waals surface area contributed by atoms with Crippen LogP contribution in [0.5, 0.6) is 0 Å². The molecule has 0 unspecified atom stereocenters. The summed E-state index contributed by atoms with van der Waals surface area (Å²) in [7, 11) is 0. The van der Waals surface area contributed by atoms with Gasteiger partial charge in [-0.15, -0.1) is 0 Å². The maximum Gasteiger partial charge on any atom is 0.305 e. The summed E-state index contributed by atoms with van der Waals surface area (Å²) >= 11 is 0. The Morgan fingerprint density at radius 1 is 1.18 bits per heavy atom. The molecule has 22 heavy (non-hydrogen) atoms. The molecule has 2 amide bonds. The van der Waals surface area contributed by atoms with Crippen molar-refractivity contribution in [3.8, 4) is 0 Å². The molecule has 1 atom stereocenters. The van der Waals surface area contributed by atoms with Crippen LogP contribution in [0.3, 0.4) is 0 Å². The van der Waals surface area contributed by atoms with Gasteiger partial charge in [0.1, 0.15) is 0 Å². The maximum atomic E-state index is 12.5. The van der Waals surface area contributed by atoms with Crippen LogP contribution in [0.4, 0.5) is 0 Å². The largest absolute Gasteiger partial charge is 0.481 e. The van der Waals surface area contributed by atoms with E-state index in [9.17, 15) is 14.4 Å². The maximum absolute atomic E-state index is 12.5. The molecule has 2 aliphatic heterocycles. The van der Waals surface area contributed by atoms with Crippen molar-refractivity contribution >= 4 is 17.8 Å². The Hall–Kier alpha value is -1.63. The molecule has 7 heteroatoms. The van der Waals surface area contributed by atoms with Crippen LogP contribution >= 0.6 is 0 Å². The third-order valence-corrected chi connectivity index (χ3v) is 4.21. The number of hydrogen-bond acceptors (Lipinski definition) is 4. The summed E-state index contributed by atoms with van der Waals surface area (Å²) in [6.45, 7) is 1.70. The number of rotatable bonds is 4. The molecule has 0 aromatic rings. The molecule has 2 fully saturated rings. The number of aliphatic carboxylic acids is 1. The number of morpholine rings is 1. The summed E-state index contributed by atoms with van der Waals surface area (Å²) < 4.78 is 5.27. The summed E-state index contributed by atoms with van der Waals surface area (Å²) in [5.41, 5.74) is 0. The van der Waals surface area contributed by atoms with E-state index in [0.29, 0.717) is 26.1 Å². The minimum Gasteiger partial charge on any atom is -0.481 e. The van der Waals surface area contributed by atoms with Crippen molar-refractivity contribution in [3.05, 3.63) is 0 Å². The number of carboxylic acids is 1. The zero-order valence-electron chi connectivity index (χ0n) is 12.8. The summed E-state index contributed by atoms with van der Waals surface area (Å²) in [4.78, 5) is 38.6. The van der Waals surface area contributed by atoms with E-state index in [0.717, 1.165) is 25.7 Å². The number of ether oxygens (including phenoxy) is 1. The monoisotopic (exact) mass is 312 g/mol. The molecule has 2 saturated heterocycles. The van der Waals surface area contributed by atoms with Crippen LogP contribution in [0.15, 0.2) is 0 Å². The molecule has 2 rings (SSSR count). The second-order valence-corrected chi connectivity index (χ2v) is 5.89. The van der Waals surface area contributed by atoms with Gasteiger partial charge in [-0.05, 0) is 12.8 Å². The molecule has 0 radical (unpaired) electrons. The predicted octanol–water partition coefficient (Wildman–Crippen LogP) is 0.481. The number of carboxylic acid groups (broad SMARTS) is 1. The third kappa shape index (κ3) is 4.69. The Bertz CT molecular complexity index is 426. The van der Waals surface area contributed by atoms with Crippen molar-refractivity contribution in [1.82, 2.24) is 9.80 Å². The van der Waals surface area contributed by atoms with Gasteiger partial charge >= 0.3 is 5.97 Å². The highest BCUT2D eigenvalue weighted by atomic mass is 16.5. The number of carbonyl (C=O) groups excluding carboxylic acids is 2. The Balaban J connectivity index is 1.95. The highest BCUT2D eigenvalue weighted by Gasteiger charge is 2.30. The Morgan fingerprint density at radius 2 is 1.95 bits per heavy atom.